The molecule has 0 bridgehead atoms. The molecule has 86 valence electrons. The van der Waals surface area contributed by atoms with Crippen molar-refractivity contribution in [1.82, 2.24) is 15.0 Å². The average molecular weight is 211 g/mol. The number of hydrogen-bond acceptors (Lipinski definition) is 4. The van der Waals surface area contributed by atoms with Crippen LogP contribution in [0.1, 0.15) is 12.8 Å². The highest BCUT2D eigenvalue weighted by atomic mass is 16.2. The Balaban J connectivity index is 1.77. The molecule has 2 fully saturated rings. The molecule has 0 unspecified atom stereocenters. The number of piperazine rings is 1. The molecular weight excluding hydrogens is 189 g/mol. The minimum absolute atomic E-state index is 0.278. The summed E-state index contributed by atoms with van der Waals surface area (Å²) >= 11 is 0. The van der Waals surface area contributed by atoms with Crippen LogP contribution in [-0.2, 0) is 0 Å². The van der Waals surface area contributed by atoms with E-state index in [0.717, 1.165) is 32.2 Å². The van der Waals surface area contributed by atoms with E-state index in [1.165, 1.54) is 25.9 Å². The highest BCUT2D eigenvalue weighted by molar-refractivity contribution is 6.45. The third kappa shape index (κ3) is 2.94. The molecule has 0 amide bonds. The third-order valence-electron chi connectivity index (χ3n) is 3.70. The molecule has 2 saturated heterocycles. The summed E-state index contributed by atoms with van der Waals surface area (Å²) in [6.07, 6.45) is 2.57. The first-order chi connectivity index (χ1) is 7.27. The Hall–Kier alpha value is -0.0951. The summed E-state index contributed by atoms with van der Waals surface area (Å²) in [6, 6.07) is 0.780. The van der Waals surface area contributed by atoms with Crippen LogP contribution < -0.4 is 5.32 Å². The summed E-state index contributed by atoms with van der Waals surface area (Å²) in [4.78, 5) is 4.75. The van der Waals surface area contributed by atoms with Crippen LogP contribution in [0, 0.1) is 0 Å². The molecule has 2 rings (SSSR count). The fraction of sp³-hybridized carbons (Fsp3) is 1.00. The van der Waals surface area contributed by atoms with Gasteiger partial charge in [0, 0.05) is 32.2 Å². The molecule has 5 heteroatoms. The predicted molar refractivity (Wildman–Crippen MR) is 62.9 cm³/mol. The van der Waals surface area contributed by atoms with Gasteiger partial charge in [0.25, 0.3) is 0 Å². The number of piperidine rings is 1. The molecule has 15 heavy (non-hydrogen) atoms. The van der Waals surface area contributed by atoms with Crippen LogP contribution in [0.2, 0.25) is 6.82 Å². The van der Waals surface area contributed by atoms with Gasteiger partial charge in [-0.2, -0.15) is 0 Å². The predicted octanol–water partition coefficient (Wildman–Crippen LogP) is -0.534. The summed E-state index contributed by atoms with van der Waals surface area (Å²) in [5.74, 6) is 0. The first-order valence-electron chi connectivity index (χ1n) is 6.14. The smallest absolute Gasteiger partial charge is 0.376 e. The number of nitrogens with zero attached hydrogens (tertiary/aromatic N) is 2. The standard InChI is InChI=1S/C10H22BN3O/c1-11(15)14-8-6-13(7-9-14)10-2-4-12-5-3-10/h10,12,15H,2-9H2,1H3. The van der Waals surface area contributed by atoms with E-state index in [9.17, 15) is 5.02 Å². The van der Waals surface area contributed by atoms with Crippen molar-refractivity contribution in [2.75, 3.05) is 39.3 Å². The van der Waals surface area contributed by atoms with Gasteiger partial charge in [-0.25, -0.2) is 0 Å². The summed E-state index contributed by atoms with van der Waals surface area (Å²) in [5, 5.41) is 12.9. The highest BCUT2D eigenvalue weighted by Gasteiger charge is 2.27. The van der Waals surface area contributed by atoms with Gasteiger partial charge in [0.15, 0.2) is 0 Å². The minimum atomic E-state index is -0.278. The lowest BCUT2D eigenvalue weighted by Crippen LogP contribution is -2.55. The topological polar surface area (TPSA) is 38.7 Å². The van der Waals surface area contributed by atoms with E-state index in [-0.39, 0.29) is 7.05 Å². The van der Waals surface area contributed by atoms with Gasteiger partial charge in [0.05, 0.1) is 0 Å². The van der Waals surface area contributed by atoms with Crippen molar-refractivity contribution < 1.29 is 5.02 Å². The summed E-state index contributed by atoms with van der Waals surface area (Å²) in [5.41, 5.74) is 0. The highest BCUT2D eigenvalue weighted by Crippen LogP contribution is 2.14. The Kier molecular flexibility index (Phi) is 4.02. The van der Waals surface area contributed by atoms with Crippen molar-refractivity contribution in [3.63, 3.8) is 0 Å². The first kappa shape index (κ1) is 11.4. The van der Waals surface area contributed by atoms with Crippen molar-refractivity contribution in [2.45, 2.75) is 25.7 Å². The fourth-order valence-corrected chi connectivity index (χ4v) is 2.65. The van der Waals surface area contributed by atoms with Crippen LogP contribution >= 0.6 is 0 Å². The lowest BCUT2D eigenvalue weighted by Gasteiger charge is -2.41. The van der Waals surface area contributed by atoms with Crippen molar-refractivity contribution in [2.24, 2.45) is 0 Å². The molecule has 0 aromatic rings. The lowest BCUT2D eigenvalue weighted by atomic mass is 9.84. The van der Waals surface area contributed by atoms with E-state index in [2.05, 4.69) is 15.0 Å². The van der Waals surface area contributed by atoms with E-state index >= 15 is 0 Å². The maximum absolute atomic E-state index is 9.47. The molecular formula is C10H22BN3O. The zero-order valence-electron chi connectivity index (χ0n) is 9.65. The van der Waals surface area contributed by atoms with Gasteiger partial charge in [-0.1, -0.05) is 0 Å². The van der Waals surface area contributed by atoms with Gasteiger partial charge in [-0.15, -0.1) is 0 Å². The zero-order chi connectivity index (χ0) is 10.7. The van der Waals surface area contributed by atoms with Crippen molar-refractivity contribution in [1.29, 1.82) is 0 Å². The zero-order valence-corrected chi connectivity index (χ0v) is 9.65. The SMILES string of the molecule is CB(O)N1CCN(C2CCNCC2)CC1. The summed E-state index contributed by atoms with van der Waals surface area (Å²) in [7, 11) is -0.278. The molecule has 0 aliphatic carbocycles. The number of nitrogens with one attached hydrogen (secondary N) is 1. The first-order valence-corrected chi connectivity index (χ1v) is 6.14. The van der Waals surface area contributed by atoms with Crippen molar-refractivity contribution in [3.8, 4) is 0 Å². The van der Waals surface area contributed by atoms with Crippen LogP contribution in [0.4, 0.5) is 0 Å². The largest absolute Gasteiger partial charge is 0.437 e. The van der Waals surface area contributed by atoms with Gasteiger partial charge in [-0.3, -0.25) is 4.90 Å². The number of hydrogen-bond donors (Lipinski definition) is 2. The van der Waals surface area contributed by atoms with Gasteiger partial charge in [0.2, 0.25) is 0 Å². The van der Waals surface area contributed by atoms with Crippen molar-refractivity contribution >= 4 is 7.05 Å². The van der Waals surface area contributed by atoms with Crippen LogP contribution in [0.5, 0.6) is 0 Å². The van der Waals surface area contributed by atoms with Gasteiger partial charge < -0.3 is 15.2 Å². The maximum Gasteiger partial charge on any atom is 0.376 e. The minimum Gasteiger partial charge on any atom is -0.437 e. The quantitative estimate of drug-likeness (QED) is 0.602. The molecule has 4 nitrogen and oxygen atoms in total. The van der Waals surface area contributed by atoms with E-state index in [0.29, 0.717) is 0 Å². The van der Waals surface area contributed by atoms with E-state index in [1.54, 1.807) is 0 Å². The van der Waals surface area contributed by atoms with Gasteiger partial charge >= 0.3 is 7.05 Å². The monoisotopic (exact) mass is 211 g/mol. The Bertz CT molecular complexity index is 189. The second-order valence-electron chi connectivity index (χ2n) is 4.68. The fourth-order valence-electron chi connectivity index (χ4n) is 2.65. The Morgan fingerprint density at radius 2 is 1.73 bits per heavy atom. The summed E-state index contributed by atoms with van der Waals surface area (Å²) in [6.45, 7) is 8.47. The normalized spacial score (nSPS) is 26.8. The molecule has 0 saturated carbocycles. The van der Waals surface area contributed by atoms with Gasteiger partial charge in [0.1, 0.15) is 0 Å². The molecule has 0 aromatic carbocycles. The van der Waals surface area contributed by atoms with E-state index in [4.69, 9.17) is 0 Å². The molecule has 2 aliphatic rings. The Morgan fingerprint density at radius 3 is 2.27 bits per heavy atom. The summed E-state index contributed by atoms with van der Waals surface area (Å²) < 4.78 is 0. The third-order valence-corrected chi connectivity index (χ3v) is 3.70. The molecule has 2 N–H and O–H groups in total. The second-order valence-corrected chi connectivity index (χ2v) is 4.68. The van der Waals surface area contributed by atoms with Crippen LogP contribution in [0.15, 0.2) is 0 Å². The van der Waals surface area contributed by atoms with Crippen molar-refractivity contribution in [3.05, 3.63) is 0 Å². The molecule has 2 heterocycles. The lowest BCUT2D eigenvalue weighted by molar-refractivity contribution is 0.109. The maximum atomic E-state index is 9.47. The number of rotatable bonds is 2. The van der Waals surface area contributed by atoms with Crippen LogP contribution in [-0.4, -0.2) is 67.1 Å². The van der Waals surface area contributed by atoms with Gasteiger partial charge in [-0.05, 0) is 32.8 Å². The Labute approximate surface area is 92.8 Å². The molecule has 0 radical (unpaired) electrons. The van der Waals surface area contributed by atoms with E-state index in [1.807, 2.05) is 6.82 Å². The second kappa shape index (κ2) is 5.30. The molecule has 0 atom stereocenters. The van der Waals surface area contributed by atoms with E-state index < -0.39 is 0 Å². The molecule has 0 spiro atoms. The van der Waals surface area contributed by atoms with Crippen LogP contribution in [0.25, 0.3) is 0 Å². The Morgan fingerprint density at radius 1 is 1.13 bits per heavy atom. The molecule has 2 aliphatic heterocycles. The van der Waals surface area contributed by atoms with Crippen LogP contribution in [0.3, 0.4) is 0 Å². The average Bonchev–Trinajstić information content (AvgIpc) is 2.30. The molecule has 0 aromatic heterocycles.